The molecule has 1 unspecified atom stereocenters. The highest BCUT2D eigenvalue weighted by Crippen LogP contribution is 2.39. The molecule has 0 saturated heterocycles. The minimum Gasteiger partial charge on any atom is -0.388 e. The van der Waals surface area contributed by atoms with Crippen LogP contribution in [0.5, 0.6) is 0 Å². The number of hydrogen-bond donors (Lipinski definition) is 1. The molecule has 0 amide bonds. The zero-order valence-electron chi connectivity index (χ0n) is 9.13. The van der Waals surface area contributed by atoms with Crippen molar-refractivity contribution in [2.75, 3.05) is 0 Å². The molecule has 2 rings (SSSR count). The van der Waals surface area contributed by atoms with Gasteiger partial charge in [0.2, 0.25) is 0 Å². The van der Waals surface area contributed by atoms with Crippen LogP contribution in [-0.2, 0) is 11.8 Å². The summed E-state index contributed by atoms with van der Waals surface area (Å²) in [6.45, 7) is 6.70. The van der Waals surface area contributed by atoms with Crippen molar-refractivity contribution in [2.24, 2.45) is 0 Å². The van der Waals surface area contributed by atoms with E-state index in [1.807, 2.05) is 11.3 Å². The van der Waals surface area contributed by atoms with Gasteiger partial charge in [-0.25, -0.2) is 0 Å². The molecule has 1 nitrogen and oxygen atoms in total. The fraction of sp³-hybridized carbons (Fsp3) is 0.667. The molecular formula is C12H18OS. The maximum Gasteiger partial charge on any atom is 0.0801 e. The molecular weight excluding hydrogens is 192 g/mol. The predicted molar refractivity (Wildman–Crippen MR) is 60.9 cm³/mol. The van der Waals surface area contributed by atoms with Crippen LogP contribution in [0, 0.1) is 0 Å². The third-order valence-corrected chi connectivity index (χ3v) is 4.46. The molecule has 1 aliphatic carbocycles. The number of fused-ring (bicyclic) bond motifs is 1. The van der Waals surface area contributed by atoms with Crippen molar-refractivity contribution in [2.45, 2.75) is 51.6 Å². The van der Waals surface area contributed by atoms with E-state index in [1.165, 1.54) is 15.3 Å². The Morgan fingerprint density at radius 3 is 2.71 bits per heavy atom. The first-order chi connectivity index (χ1) is 6.48. The highest BCUT2D eigenvalue weighted by Gasteiger charge is 2.25. The Kier molecular flexibility index (Phi) is 2.44. The Balaban J connectivity index is 2.40. The van der Waals surface area contributed by atoms with Gasteiger partial charge >= 0.3 is 0 Å². The Bertz CT molecular complexity index is 333. The van der Waals surface area contributed by atoms with E-state index in [1.54, 1.807) is 0 Å². The number of aliphatic hydroxyl groups excluding tert-OH is 1. The van der Waals surface area contributed by atoms with Crippen molar-refractivity contribution in [1.29, 1.82) is 0 Å². The lowest BCUT2D eigenvalue weighted by atomic mass is 9.91. The first-order valence-corrected chi connectivity index (χ1v) is 6.11. The van der Waals surface area contributed by atoms with Gasteiger partial charge in [-0.15, -0.1) is 11.3 Å². The van der Waals surface area contributed by atoms with Gasteiger partial charge in [-0.3, -0.25) is 0 Å². The second-order valence-electron chi connectivity index (χ2n) is 5.15. The quantitative estimate of drug-likeness (QED) is 0.695. The summed E-state index contributed by atoms with van der Waals surface area (Å²) in [6.07, 6.45) is 3.03. The van der Waals surface area contributed by atoms with Gasteiger partial charge in [0.25, 0.3) is 0 Å². The van der Waals surface area contributed by atoms with Crippen LogP contribution in [0.15, 0.2) is 6.07 Å². The highest BCUT2D eigenvalue weighted by atomic mass is 32.1. The lowest BCUT2D eigenvalue weighted by molar-refractivity contribution is 0.157. The smallest absolute Gasteiger partial charge is 0.0801 e. The molecule has 0 bridgehead atoms. The summed E-state index contributed by atoms with van der Waals surface area (Å²) in [5.74, 6) is 0. The Morgan fingerprint density at radius 1 is 1.43 bits per heavy atom. The van der Waals surface area contributed by atoms with Gasteiger partial charge in [-0.1, -0.05) is 20.8 Å². The van der Waals surface area contributed by atoms with Gasteiger partial charge in [0, 0.05) is 9.75 Å². The van der Waals surface area contributed by atoms with E-state index in [0.717, 1.165) is 19.3 Å². The molecule has 1 aliphatic rings. The largest absolute Gasteiger partial charge is 0.388 e. The molecule has 0 fully saturated rings. The van der Waals surface area contributed by atoms with Crippen molar-refractivity contribution in [3.8, 4) is 0 Å². The van der Waals surface area contributed by atoms with Gasteiger partial charge in [-0.2, -0.15) is 0 Å². The molecule has 1 heterocycles. The van der Waals surface area contributed by atoms with Gasteiger partial charge in [0.1, 0.15) is 0 Å². The zero-order valence-corrected chi connectivity index (χ0v) is 9.95. The van der Waals surface area contributed by atoms with E-state index in [9.17, 15) is 5.11 Å². The van der Waals surface area contributed by atoms with Crippen LogP contribution in [0.4, 0.5) is 0 Å². The van der Waals surface area contributed by atoms with Crippen molar-refractivity contribution in [3.63, 3.8) is 0 Å². The summed E-state index contributed by atoms with van der Waals surface area (Å²) in [5.41, 5.74) is 1.42. The van der Waals surface area contributed by atoms with E-state index < -0.39 is 0 Å². The van der Waals surface area contributed by atoms with Crippen LogP contribution >= 0.6 is 11.3 Å². The maximum atomic E-state index is 9.85. The van der Waals surface area contributed by atoms with E-state index in [0.29, 0.717) is 0 Å². The van der Waals surface area contributed by atoms with Gasteiger partial charge < -0.3 is 5.11 Å². The lowest BCUT2D eigenvalue weighted by Crippen LogP contribution is -2.08. The minimum absolute atomic E-state index is 0.203. The lowest BCUT2D eigenvalue weighted by Gasteiger charge is -2.16. The van der Waals surface area contributed by atoms with E-state index >= 15 is 0 Å². The Hall–Kier alpha value is -0.340. The zero-order chi connectivity index (χ0) is 10.3. The summed E-state index contributed by atoms with van der Waals surface area (Å²) >= 11 is 1.89. The molecule has 0 radical (unpaired) electrons. The van der Waals surface area contributed by atoms with E-state index in [2.05, 4.69) is 26.8 Å². The predicted octanol–water partition coefficient (Wildman–Crippen LogP) is 3.42. The summed E-state index contributed by atoms with van der Waals surface area (Å²) in [5, 5.41) is 9.85. The topological polar surface area (TPSA) is 20.2 Å². The Labute approximate surface area is 89.8 Å². The summed E-state index contributed by atoms with van der Waals surface area (Å²) in [6, 6.07) is 2.21. The average Bonchev–Trinajstić information content (AvgIpc) is 2.48. The van der Waals surface area contributed by atoms with Gasteiger partial charge in [0.15, 0.2) is 0 Å². The molecule has 1 atom stereocenters. The number of aliphatic hydroxyl groups is 1. The van der Waals surface area contributed by atoms with Crippen molar-refractivity contribution in [1.82, 2.24) is 0 Å². The second-order valence-corrected chi connectivity index (χ2v) is 6.28. The second kappa shape index (κ2) is 3.35. The van der Waals surface area contributed by atoms with Crippen LogP contribution in [-0.4, -0.2) is 5.11 Å². The van der Waals surface area contributed by atoms with Crippen LogP contribution < -0.4 is 0 Å². The van der Waals surface area contributed by atoms with Crippen LogP contribution in [0.1, 0.15) is 55.0 Å². The molecule has 14 heavy (non-hydrogen) atoms. The fourth-order valence-electron chi connectivity index (χ4n) is 1.90. The number of aryl methyl sites for hydroxylation is 1. The number of hydrogen-bond acceptors (Lipinski definition) is 2. The fourth-order valence-corrected chi connectivity index (χ4v) is 3.22. The van der Waals surface area contributed by atoms with E-state index in [4.69, 9.17) is 0 Å². The minimum atomic E-state index is -0.203. The molecule has 78 valence electrons. The summed E-state index contributed by atoms with van der Waals surface area (Å²) < 4.78 is 0. The third-order valence-electron chi connectivity index (χ3n) is 2.82. The van der Waals surface area contributed by atoms with E-state index in [-0.39, 0.29) is 11.5 Å². The standard InChI is InChI=1S/C12H18OS/c1-12(2,3)11-7-8-9(13)5-4-6-10(8)14-11/h7,9,13H,4-6H2,1-3H3. The molecule has 1 aromatic heterocycles. The molecule has 1 aromatic rings. The average molecular weight is 210 g/mol. The van der Waals surface area contributed by atoms with Crippen LogP contribution in [0.3, 0.4) is 0 Å². The normalized spacial score (nSPS) is 22.1. The summed E-state index contributed by atoms with van der Waals surface area (Å²) in [4.78, 5) is 2.82. The van der Waals surface area contributed by atoms with Gasteiger partial charge in [-0.05, 0) is 36.3 Å². The summed E-state index contributed by atoms with van der Waals surface area (Å²) in [7, 11) is 0. The number of thiophene rings is 1. The molecule has 2 heteroatoms. The van der Waals surface area contributed by atoms with Gasteiger partial charge in [0.05, 0.1) is 6.10 Å². The Morgan fingerprint density at radius 2 is 2.14 bits per heavy atom. The highest BCUT2D eigenvalue weighted by molar-refractivity contribution is 7.12. The van der Waals surface area contributed by atoms with Crippen molar-refractivity contribution >= 4 is 11.3 Å². The van der Waals surface area contributed by atoms with Crippen LogP contribution in [0.2, 0.25) is 0 Å². The molecule has 0 aliphatic heterocycles. The number of rotatable bonds is 0. The first-order valence-electron chi connectivity index (χ1n) is 5.29. The molecule has 0 aromatic carbocycles. The van der Waals surface area contributed by atoms with Crippen molar-refractivity contribution < 1.29 is 5.11 Å². The van der Waals surface area contributed by atoms with Crippen molar-refractivity contribution in [3.05, 3.63) is 21.4 Å². The molecule has 1 N–H and O–H groups in total. The SMILES string of the molecule is CC(C)(C)c1cc2c(s1)CCCC2O. The maximum absolute atomic E-state index is 9.85. The first kappa shape index (κ1) is 10.2. The monoisotopic (exact) mass is 210 g/mol. The van der Waals surface area contributed by atoms with Crippen LogP contribution in [0.25, 0.3) is 0 Å². The molecule has 0 saturated carbocycles. The third kappa shape index (κ3) is 1.73. The molecule has 0 spiro atoms.